The molecule has 2 aromatic rings. The first kappa shape index (κ1) is 20.8. The van der Waals surface area contributed by atoms with Crippen LogP contribution in [0.15, 0.2) is 42.5 Å². The molecule has 6 heteroatoms. The number of halogens is 1. The van der Waals surface area contributed by atoms with Crippen LogP contribution in [-0.2, 0) is 16.0 Å². The third kappa shape index (κ3) is 5.73. The number of carbonyl (C=O) groups excluding carboxylic acids is 2. The fraction of sp³-hybridized carbons (Fsp3) is 0.333. The maximum atomic E-state index is 12.5. The molecule has 0 radical (unpaired) electrons. The van der Waals surface area contributed by atoms with Gasteiger partial charge in [-0.1, -0.05) is 36.7 Å². The minimum atomic E-state index is -0.716. The normalized spacial score (nSPS) is 11.6. The molecule has 0 aromatic heterocycles. The maximum absolute atomic E-state index is 12.5. The van der Waals surface area contributed by atoms with E-state index in [1.54, 1.807) is 32.2 Å². The molecular formula is C21H25ClN2O3. The number of ether oxygens (including phenoxy) is 1. The maximum Gasteiger partial charge on any atom is 0.263 e. The molecule has 1 atom stereocenters. The Morgan fingerprint density at radius 3 is 2.59 bits per heavy atom. The zero-order valence-corrected chi connectivity index (χ0v) is 16.8. The van der Waals surface area contributed by atoms with Gasteiger partial charge in [0, 0.05) is 17.8 Å². The Kier molecular flexibility index (Phi) is 7.25. The van der Waals surface area contributed by atoms with Crippen molar-refractivity contribution in [1.82, 2.24) is 4.90 Å². The Hall–Kier alpha value is -2.53. The van der Waals surface area contributed by atoms with Crippen LogP contribution in [0.3, 0.4) is 0 Å². The van der Waals surface area contributed by atoms with Crippen molar-refractivity contribution < 1.29 is 14.3 Å². The number of nitrogens with one attached hydrogen (secondary N) is 1. The second kappa shape index (κ2) is 9.42. The second-order valence-corrected chi connectivity index (χ2v) is 6.83. The summed E-state index contributed by atoms with van der Waals surface area (Å²) in [6.45, 7) is 5.50. The Labute approximate surface area is 165 Å². The van der Waals surface area contributed by atoms with Crippen LogP contribution in [-0.4, -0.2) is 36.4 Å². The summed E-state index contributed by atoms with van der Waals surface area (Å²) in [6, 6.07) is 12.8. The standard InChI is InChI=1S/C21H25ClN2O3/c1-5-16-8-6-7-9-19(16)23-20(25)13-24(4)21(26)15(3)27-17-10-11-18(22)14(2)12-17/h6-12,15H,5,13H2,1-4H3,(H,23,25). The summed E-state index contributed by atoms with van der Waals surface area (Å²) in [7, 11) is 1.58. The van der Waals surface area contributed by atoms with Crippen LogP contribution >= 0.6 is 11.6 Å². The molecule has 0 aliphatic heterocycles. The van der Waals surface area contributed by atoms with E-state index in [2.05, 4.69) is 5.32 Å². The van der Waals surface area contributed by atoms with Gasteiger partial charge in [0.05, 0.1) is 6.54 Å². The van der Waals surface area contributed by atoms with E-state index in [4.69, 9.17) is 16.3 Å². The van der Waals surface area contributed by atoms with Gasteiger partial charge in [0.2, 0.25) is 5.91 Å². The van der Waals surface area contributed by atoms with Crippen molar-refractivity contribution in [1.29, 1.82) is 0 Å². The largest absolute Gasteiger partial charge is 0.481 e. The van der Waals surface area contributed by atoms with Gasteiger partial charge in [-0.2, -0.15) is 0 Å². The molecule has 2 rings (SSSR count). The fourth-order valence-electron chi connectivity index (χ4n) is 2.69. The first-order chi connectivity index (χ1) is 12.8. The van der Waals surface area contributed by atoms with E-state index < -0.39 is 6.10 Å². The predicted octanol–water partition coefficient (Wildman–Crippen LogP) is 4.08. The lowest BCUT2D eigenvalue weighted by Crippen LogP contribution is -2.42. The number of benzene rings is 2. The zero-order chi connectivity index (χ0) is 20.0. The first-order valence-corrected chi connectivity index (χ1v) is 9.25. The molecule has 0 fully saturated rings. The van der Waals surface area contributed by atoms with E-state index in [1.165, 1.54) is 4.90 Å². The molecule has 144 valence electrons. The number of anilines is 1. The van der Waals surface area contributed by atoms with E-state index in [0.29, 0.717) is 10.8 Å². The zero-order valence-electron chi connectivity index (χ0n) is 16.1. The molecular weight excluding hydrogens is 364 g/mol. The highest BCUT2D eigenvalue weighted by atomic mass is 35.5. The molecule has 1 unspecified atom stereocenters. The fourth-order valence-corrected chi connectivity index (χ4v) is 2.81. The van der Waals surface area contributed by atoms with E-state index >= 15 is 0 Å². The molecule has 0 aliphatic rings. The average molecular weight is 389 g/mol. The van der Waals surface area contributed by atoms with Crippen LogP contribution in [0.5, 0.6) is 5.75 Å². The molecule has 0 saturated carbocycles. The topological polar surface area (TPSA) is 58.6 Å². The van der Waals surface area contributed by atoms with E-state index in [1.807, 2.05) is 38.1 Å². The van der Waals surface area contributed by atoms with Crippen LogP contribution in [0.25, 0.3) is 0 Å². The molecule has 0 aliphatic carbocycles. The van der Waals surface area contributed by atoms with Crippen LogP contribution in [0.2, 0.25) is 5.02 Å². The van der Waals surface area contributed by atoms with Crippen molar-refractivity contribution >= 4 is 29.1 Å². The lowest BCUT2D eigenvalue weighted by molar-refractivity contribution is -0.139. The van der Waals surface area contributed by atoms with Gasteiger partial charge in [-0.25, -0.2) is 0 Å². The summed E-state index contributed by atoms with van der Waals surface area (Å²) in [5, 5.41) is 3.50. The monoisotopic (exact) mass is 388 g/mol. The van der Waals surface area contributed by atoms with Gasteiger partial charge in [0.25, 0.3) is 5.91 Å². The van der Waals surface area contributed by atoms with E-state index in [0.717, 1.165) is 23.2 Å². The molecule has 2 aromatic carbocycles. The highest BCUT2D eigenvalue weighted by molar-refractivity contribution is 6.31. The van der Waals surface area contributed by atoms with Crippen molar-refractivity contribution in [2.24, 2.45) is 0 Å². The highest BCUT2D eigenvalue weighted by Gasteiger charge is 2.21. The smallest absolute Gasteiger partial charge is 0.263 e. The van der Waals surface area contributed by atoms with Gasteiger partial charge in [-0.15, -0.1) is 0 Å². The SMILES string of the molecule is CCc1ccccc1NC(=O)CN(C)C(=O)C(C)Oc1ccc(Cl)c(C)c1. The van der Waals surface area contributed by atoms with Crippen LogP contribution in [0.1, 0.15) is 25.0 Å². The minimum Gasteiger partial charge on any atom is -0.481 e. The summed E-state index contributed by atoms with van der Waals surface area (Å²) >= 11 is 6.00. The third-order valence-electron chi connectivity index (χ3n) is 4.22. The van der Waals surface area contributed by atoms with Crippen molar-refractivity contribution in [3.05, 3.63) is 58.6 Å². The molecule has 0 spiro atoms. The predicted molar refractivity (Wildman–Crippen MR) is 108 cm³/mol. The second-order valence-electron chi connectivity index (χ2n) is 6.42. The average Bonchev–Trinajstić information content (AvgIpc) is 2.64. The van der Waals surface area contributed by atoms with Gasteiger partial charge >= 0.3 is 0 Å². The quantitative estimate of drug-likeness (QED) is 0.777. The highest BCUT2D eigenvalue weighted by Crippen LogP contribution is 2.22. The molecule has 27 heavy (non-hydrogen) atoms. The summed E-state index contributed by atoms with van der Waals surface area (Å²) in [5.41, 5.74) is 2.69. The van der Waals surface area contributed by atoms with Crippen molar-refractivity contribution in [2.75, 3.05) is 18.9 Å². The van der Waals surface area contributed by atoms with Gasteiger partial charge in [0.1, 0.15) is 5.75 Å². The molecule has 5 nitrogen and oxygen atoms in total. The Morgan fingerprint density at radius 2 is 1.93 bits per heavy atom. The summed E-state index contributed by atoms with van der Waals surface area (Å²) in [4.78, 5) is 26.2. The van der Waals surface area contributed by atoms with Gasteiger partial charge in [-0.3, -0.25) is 9.59 Å². The Morgan fingerprint density at radius 1 is 1.22 bits per heavy atom. The minimum absolute atomic E-state index is 0.0514. The number of carbonyl (C=O) groups is 2. The number of nitrogens with zero attached hydrogens (tertiary/aromatic N) is 1. The summed E-state index contributed by atoms with van der Waals surface area (Å²) < 4.78 is 5.69. The molecule has 2 amide bonds. The van der Waals surface area contributed by atoms with Crippen LogP contribution in [0.4, 0.5) is 5.69 Å². The summed E-state index contributed by atoms with van der Waals surface area (Å²) in [5.74, 6) is 0.0373. The summed E-state index contributed by atoms with van der Waals surface area (Å²) in [6.07, 6.45) is 0.0997. The Balaban J connectivity index is 1.93. The Bertz CT molecular complexity index is 823. The van der Waals surface area contributed by atoms with Gasteiger partial charge in [0.15, 0.2) is 6.10 Å². The molecule has 0 saturated heterocycles. The number of aryl methyl sites for hydroxylation is 2. The third-order valence-corrected chi connectivity index (χ3v) is 4.64. The number of para-hydroxylation sites is 1. The number of hydrogen-bond acceptors (Lipinski definition) is 3. The van der Waals surface area contributed by atoms with Crippen molar-refractivity contribution in [3.8, 4) is 5.75 Å². The van der Waals surface area contributed by atoms with Gasteiger partial charge in [-0.05, 0) is 55.7 Å². The number of amides is 2. The molecule has 0 heterocycles. The number of hydrogen-bond donors (Lipinski definition) is 1. The molecule has 0 bridgehead atoms. The van der Waals surface area contributed by atoms with Gasteiger partial charge < -0.3 is 15.0 Å². The van der Waals surface area contributed by atoms with Crippen LogP contribution in [0, 0.1) is 6.92 Å². The number of rotatable bonds is 7. The first-order valence-electron chi connectivity index (χ1n) is 8.87. The lowest BCUT2D eigenvalue weighted by Gasteiger charge is -2.22. The molecule has 1 N–H and O–H groups in total. The van der Waals surface area contributed by atoms with E-state index in [-0.39, 0.29) is 18.4 Å². The lowest BCUT2D eigenvalue weighted by atomic mass is 10.1. The van der Waals surface area contributed by atoms with E-state index in [9.17, 15) is 9.59 Å². The van der Waals surface area contributed by atoms with Crippen LogP contribution < -0.4 is 10.1 Å². The van der Waals surface area contributed by atoms with Crippen molar-refractivity contribution in [3.63, 3.8) is 0 Å². The van der Waals surface area contributed by atoms with Crippen molar-refractivity contribution in [2.45, 2.75) is 33.3 Å². The number of likely N-dealkylation sites (N-methyl/N-ethyl adjacent to an activating group) is 1.